The lowest BCUT2D eigenvalue weighted by molar-refractivity contribution is 1.18. The Morgan fingerprint density at radius 2 is 0.953 bits per heavy atom. The van der Waals surface area contributed by atoms with Gasteiger partial charge in [0.1, 0.15) is 0 Å². The summed E-state index contributed by atoms with van der Waals surface area (Å²) in [6.07, 6.45) is 0. The summed E-state index contributed by atoms with van der Waals surface area (Å²) >= 11 is 0. The third-order valence-corrected chi connectivity index (χ3v) is 8.01. The molecule has 0 aliphatic carbocycles. The number of para-hydroxylation sites is 2. The molecule has 0 spiro atoms. The lowest BCUT2D eigenvalue weighted by Crippen LogP contribution is -1.96. The Hall–Kier alpha value is -5.80. The maximum Gasteiger partial charge on any atom is 0.160 e. The lowest BCUT2D eigenvalue weighted by atomic mass is 9.97. The van der Waals surface area contributed by atoms with Crippen molar-refractivity contribution in [3.8, 4) is 50.7 Å². The normalized spacial score (nSPS) is 11.3. The van der Waals surface area contributed by atoms with E-state index in [1.165, 1.54) is 27.4 Å². The van der Waals surface area contributed by atoms with Gasteiger partial charge in [-0.2, -0.15) is 0 Å². The van der Waals surface area contributed by atoms with Crippen LogP contribution in [0, 0.1) is 0 Å². The van der Waals surface area contributed by atoms with Gasteiger partial charge in [0.2, 0.25) is 0 Å². The van der Waals surface area contributed by atoms with Gasteiger partial charge in [0.15, 0.2) is 5.82 Å². The van der Waals surface area contributed by atoms with Gasteiger partial charge in [-0.25, -0.2) is 9.97 Å². The highest BCUT2D eigenvalue weighted by molar-refractivity contribution is 6.15. The van der Waals surface area contributed by atoms with Crippen LogP contribution in [0.15, 0.2) is 164 Å². The third-order valence-electron chi connectivity index (χ3n) is 8.01. The smallest absolute Gasteiger partial charge is 0.160 e. The van der Waals surface area contributed by atoms with Crippen LogP contribution in [-0.2, 0) is 0 Å². The lowest BCUT2D eigenvalue weighted by Gasteiger charge is -2.11. The first-order valence-corrected chi connectivity index (χ1v) is 14.5. The maximum atomic E-state index is 5.08. The Labute approximate surface area is 250 Å². The molecule has 0 unspecified atom stereocenters. The minimum atomic E-state index is 0.718. The van der Waals surface area contributed by atoms with E-state index in [2.05, 4.69) is 132 Å². The second kappa shape index (κ2) is 10.6. The Morgan fingerprint density at radius 1 is 0.395 bits per heavy atom. The zero-order chi connectivity index (χ0) is 28.6. The zero-order valence-corrected chi connectivity index (χ0v) is 23.4. The first-order valence-electron chi connectivity index (χ1n) is 14.5. The van der Waals surface area contributed by atoms with Gasteiger partial charge in [-0.3, -0.25) is 0 Å². The van der Waals surface area contributed by atoms with Gasteiger partial charge >= 0.3 is 0 Å². The van der Waals surface area contributed by atoms with Crippen LogP contribution in [0.3, 0.4) is 0 Å². The van der Waals surface area contributed by atoms with Crippen molar-refractivity contribution in [1.29, 1.82) is 0 Å². The number of hydrogen-bond donors (Lipinski definition) is 0. The molecule has 0 N–H and O–H groups in total. The molecule has 0 atom stereocenters. The van der Waals surface area contributed by atoms with Crippen molar-refractivity contribution in [2.45, 2.75) is 0 Å². The van der Waals surface area contributed by atoms with Crippen LogP contribution < -0.4 is 0 Å². The Morgan fingerprint density at radius 3 is 1.72 bits per heavy atom. The van der Waals surface area contributed by atoms with Crippen LogP contribution >= 0.6 is 0 Å². The molecule has 2 aromatic heterocycles. The minimum Gasteiger partial charge on any atom is -0.309 e. The average Bonchev–Trinajstić information content (AvgIpc) is 3.44. The van der Waals surface area contributed by atoms with E-state index in [1.54, 1.807) is 0 Å². The van der Waals surface area contributed by atoms with Gasteiger partial charge in [0.25, 0.3) is 0 Å². The molecule has 3 nitrogen and oxygen atoms in total. The SMILES string of the molecule is c1ccc(-c2cc(-c3cccc(-c4cccc5c4c4ccccc4n5-c4ccccc4)c3)nc(-c3ccccc3)n2)cc1. The average molecular weight is 550 g/mol. The molecule has 0 fully saturated rings. The topological polar surface area (TPSA) is 30.7 Å². The van der Waals surface area contributed by atoms with Gasteiger partial charge in [-0.15, -0.1) is 0 Å². The minimum absolute atomic E-state index is 0.718. The van der Waals surface area contributed by atoms with Crippen LogP contribution in [0.25, 0.3) is 72.5 Å². The monoisotopic (exact) mass is 549 g/mol. The summed E-state index contributed by atoms with van der Waals surface area (Å²) in [5, 5.41) is 2.49. The Kier molecular flexibility index (Phi) is 6.12. The van der Waals surface area contributed by atoms with E-state index in [4.69, 9.17) is 9.97 Å². The molecule has 202 valence electrons. The van der Waals surface area contributed by atoms with E-state index in [9.17, 15) is 0 Å². The van der Waals surface area contributed by atoms with Crippen molar-refractivity contribution in [3.05, 3.63) is 164 Å². The summed E-state index contributed by atoms with van der Waals surface area (Å²) in [6, 6.07) is 57.2. The fourth-order valence-corrected chi connectivity index (χ4v) is 6.03. The molecule has 6 aromatic carbocycles. The third kappa shape index (κ3) is 4.48. The molecule has 0 amide bonds. The van der Waals surface area contributed by atoms with Crippen LogP contribution in [0.5, 0.6) is 0 Å². The van der Waals surface area contributed by atoms with Gasteiger partial charge in [-0.05, 0) is 47.5 Å². The van der Waals surface area contributed by atoms with Crippen molar-refractivity contribution >= 4 is 21.8 Å². The largest absolute Gasteiger partial charge is 0.309 e. The predicted molar refractivity (Wildman–Crippen MR) is 178 cm³/mol. The maximum absolute atomic E-state index is 5.08. The van der Waals surface area contributed by atoms with E-state index in [0.717, 1.165) is 45.2 Å². The van der Waals surface area contributed by atoms with E-state index < -0.39 is 0 Å². The number of hydrogen-bond acceptors (Lipinski definition) is 2. The highest BCUT2D eigenvalue weighted by Crippen LogP contribution is 2.39. The van der Waals surface area contributed by atoms with Gasteiger partial charge in [0.05, 0.1) is 22.4 Å². The van der Waals surface area contributed by atoms with Crippen LogP contribution in [0.1, 0.15) is 0 Å². The molecular formula is C40H27N3. The number of aromatic nitrogens is 3. The Balaban J connectivity index is 1.33. The second-order valence-corrected chi connectivity index (χ2v) is 10.7. The number of nitrogens with zero attached hydrogens (tertiary/aromatic N) is 3. The summed E-state index contributed by atoms with van der Waals surface area (Å²) in [4.78, 5) is 10.0. The van der Waals surface area contributed by atoms with Crippen molar-refractivity contribution in [2.75, 3.05) is 0 Å². The first-order chi connectivity index (χ1) is 21.3. The standard InChI is InChI=1S/C40H27N3/c1-4-14-28(15-5-1)35-27-36(42-40(41-35)29-16-6-2-7-17-29)31-19-12-18-30(26-31)33-23-13-25-38-39(33)34-22-10-11-24-37(34)43(38)32-20-8-3-9-21-32/h1-27H. The molecule has 0 radical (unpaired) electrons. The molecule has 0 bridgehead atoms. The van der Waals surface area contributed by atoms with Gasteiger partial charge in [-0.1, -0.05) is 127 Å². The number of rotatable bonds is 5. The molecule has 0 aliphatic rings. The summed E-state index contributed by atoms with van der Waals surface area (Å²) in [7, 11) is 0. The fourth-order valence-electron chi connectivity index (χ4n) is 6.03. The summed E-state index contributed by atoms with van der Waals surface area (Å²) in [6.45, 7) is 0. The van der Waals surface area contributed by atoms with Gasteiger partial charge in [0, 0.05) is 33.2 Å². The predicted octanol–water partition coefficient (Wildman–Crippen LogP) is 10.2. The number of fused-ring (bicyclic) bond motifs is 3. The van der Waals surface area contributed by atoms with Crippen LogP contribution in [0.2, 0.25) is 0 Å². The van der Waals surface area contributed by atoms with E-state index in [1.807, 2.05) is 36.4 Å². The first kappa shape index (κ1) is 25.0. The molecular weight excluding hydrogens is 522 g/mol. The van der Waals surface area contributed by atoms with E-state index in [0.29, 0.717) is 0 Å². The summed E-state index contributed by atoms with van der Waals surface area (Å²) in [5.41, 5.74) is 10.8. The quantitative estimate of drug-likeness (QED) is 0.214. The molecule has 3 heteroatoms. The molecule has 43 heavy (non-hydrogen) atoms. The molecule has 0 saturated carbocycles. The van der Waals surface area contributed by atoms with Crippen LogP contribution in [-0.4, -0.2) is 14.5 Å². The molecule has 0 saturated heterocycles. The molecule has 8 aromatic rings. The summed E-state index contributed by atoms with van der Waals surface area (Å²) in [5.74, 6) is 0.718. The zero-order valence-electron chi connectivity index (χ0n) is 23.4. The second-order valence-electron chi connectivity index (χ2n) is 10.7. The highest BCUT2D eigenvalue weighted by Gasteiger charge is 2.17. The van der Waals surface area contributed by atoms with Gasteiger partial charge < -0.3 is 4.57 Å². The highest BCUT2D eigenvalue weighted by atomic mass is 15.0. The summed E-state index contributed by atoms with van der Waals surface area (Å²) < 4.78 is 2.36. The number of benzene rings is 6. The van der Waals surface area contributed by atoms with E-state index in [-0.39, 0.29) is 0 Å². The van der Waals surface area contributed by atoms with Crippen molar-refractivity contribution in [3.63, 3.8) is 0 Å². The van der Waals surface area contributed by atoms with Crippen molar-refractivity contribution < 1.29 is 0 Å². The van der Waals surface area contributed by atoms with E-state index >= 15 is 0 Å². The Bertz CT molecular complexity index is 2160. The molecule has 2 heterocycles. The van der Waals surface area contributed by atoms with Crippen molar-refractivity contribution in [2.24, 2.45) is 0 Å². The van der Waals surface area contributed by atoms with Crippen LogP contribution in [0.4, 0.5) is 0 Å². The molecule has 0 aliphatic heterocycles. The molecule has 8 rings (SSSR count). The van der Waals surface area contributed by atoms with Crippen molar-refractivity contribution in [1.82, 2.24) is 14.5 Å². The fraction of sp³-hybridized carbons (Fsp3) is 0.